The molecule has 0 N–H and O–H groups in total. The number of piperidine rings is 1. The number of thioether (sulfide) groups is 1. The number of carbonyl (C=O) groups excluding carboxylic acids is 1. The highest BCUT2D eigenvalue weighted by Crippen LogP contribution is 2.29. The van der Waals surface area contributed by atoms with Crippen LogP contribution in [-0.2, 0) is 6.54 Å². The summed E-state index contributed by atoms with van der Waals surface area (Å²) in [6.07, 6.45) is 3.48. The zero-order valence-corrected chi connectivity index (χ0v) is 18.4. The van der Waals surface area contributed by atoms with Gasteiger partial charge in [-0.2, -0.15) is 0 Å². The lowest BCUT2D eigenvalue weighted by molar-refractivity contribution is 0.0993. The van der Waals surface area contributed by atoms with E-state index in [9.17, 15) is 18.0 Å². The van der Waals surface area contributed by atoms with Crippen LogP contribution in [0.3, 0.4) is 0 Å². The molecule has 0 radical (unpaired) electrons. The van der Waals surface area contributed by atoms with Gasteiger partial charge in [0.15, 0.2) is 28.4 Å². The molecule has 1 aliphatic rings. The van der Waals surface area contributed by atoms with Crippen molar-refractivity contribution in [2.24, 2.45) is 0 Å². The predicted molar refractivity (Wildman–Crippen MR) is 116 cm³/mol. The highest BCUT2D eigenvalue weighted by Gasteiger charge is 2.24. The number of aromatic nitrogens is 3. The van der Waals surface area contributed by atoms with E-state index < -0.39 is 16.9 Å². The van der Waals surface area contributed by atoms with Crippen LogP contribution >= 0.6 is 11.8 Å². The second-order valence-electron chi connectivity index (χ2n) is 7.80. The molecule has 0 saturated carbocycles. The van der Waals surface area contributed by atoms with Crippen molar-refractivity contribution in [3.63, 3.8) is 0 Å². The smallest absolute Gasteiger partial charge is 0.196 e. The zero-order valence-electron chi connectivity index (χ0n) is 17.6. The third-order valence-electron chi connectivity index (χ3n) is 5.45. The molecule has 0 bridgehead atoms. The van der Waals surface area contributed by atoms with Crippen molar-refractivity contribution in [3.05, 3.63) is 71.3 Å². The van der Waals surface area contributed by atoms with Gasteiger partial charge in [-0.3, -0.25) is 14.3 Å². The minimum Gasteiger partial charge on any atom is -0.296 e. The number of hydrogen-bond donors (Lipinski definition) is 0. The second kappa shape index (κ2) is 9.87. The molecule has 0 spiro atoms. The maximum Gasteiger partial charge on any atom is 0.196 e. The van der Waals surface area contributed by atoms with Gasteiger partial charge >= 0.3 is 0 Å². The van der Waals surface area contributed by atoms with E-state index in [0.717, 1.165) is 38.1 Å². The van der Waals surface area contributed by atoms with E-state index in [1.807, 2.05) is 4.57 Å². The van der Waals surface area contributed by atoms with Gasteiger partial charge in [0.2, 0.25) is 0 Å². The molecule has 3 aromatic rings. The van der Waals surface area contributed by atoms with Gasteiger partial charge in [0, 0.05) is 11.3 Å². The summed E-state index contributed by atoms with van der Waals surface area (Å²) < 4.78 is 42.1. The fourth-order valence-corrected chi connectivity index (χ4v) is 4.71. The topological polar surface area (TPSA) is 51.0 Å². The largest absolute Gasteiger partial charge is 0.296 e. The monoisotopic (exact) mass is 460 g/mol. The number of ketones is 1. The fraction of sp³-hybridized carbons (Fsp3) is 0.348. The van der Waals surface area contributed by atoms with E-state index in [4.69, 9.17) is 0 Å². The molecule has 1 aliphatic heterocycles. The Labute approximate surface area is 188 Å². The molecular weight excluding hydrogens is 437 g/mol. The Bertz CT molecular complexity index is 1100. The van der Waals surface area contributed by atoms with Crippen molar-refractivity contribution in [1.29, 1.82) is 0 Å². The number of halogens is 3. The van der Waals surface area contributed by atoms with Gasteiger partial charge in [0.1, 0.15) is 5.82 Å². The van der Waals surface area contributed by atoms with Crippen LogP contribution in [0, 0.1) is 17.5 Å². The van der Waals surface area contributed by atoms with Crippen LogP contribution in [0.2, 0.25) is 0 Å². The van der Waals surface area contributed by atoms with Crippen molar-refractivity contribution in [2.45, 2.75) is 43.1 Å². The highest BCUT2D eigenvalue weighted by molar-refractivity contribution is 8.00. The van der Waals surface area contributed by atoms with E-state index in [1.165, 1.54) is 36.4 Å². The Balaban J connectivity index is 1.61. The quantitative estimate of drug-likeness (QED) is 0.366. The third kappa shape index (κ3) is 5.05. The molecule has 32 heavy (non-hydrogen) atoms. The Hall–Kier alpha value is -2.65. The van der Waals surface area contributed by atoms with E-state index in [1.54, 1.807) is 19.1 Å². The number of likely N-dealkylation sites (tertiary alicyclic amines) is 1. The summed E-state index contributed by atoms with van der Waals surface area (Å²) >= 11 is 1.18. The Morgan fingerprint density at radius 2 is 1.72 bits per heavy atom. The lowest BCUT2D eigenvalue weighted by Gasteiger charge is -2.26. The molecule has 2 heterocycles. The lowest BCUT2D eigenvalue weighted by Crippen LogP contribution is -2.30. The van der Waals surface area contributed by atoms with Crippen LogP contribution < -0.4 is 0 Å². The first-order valence-corrected chi connectivity index (χ1v) is 11.4. The standard InChI is InChI=1S/C23H23F3N4OS/c1-15(22(31)16-5-10-19(25)20(26)13-16)32-23-28-27-21(14-29-11-3-2-4-12-29)30(23)18-8-6-17(24)7-9-18/h5-10,13,15H,2-4,11-12,14H2,1H3. The van der Waals surface area contributed by atoms with Gasteiger partial charge in [0.05, 0.1) is 11.8 Å². The minimum absolute atomic E-state index is 0.0882. The van der Waals surface area contributed by atoms with Crippen LogP contribution in [0.25, 0.3) is 5.69 Å². The predicted octanol–water partition coefficient (Wildman–Crippen LogP) is 5.03. The number of benzene rings is 2. The molecule has 0 aliphatic carbocycles. The maximum atomic E-state index is 13.6. The van der Waals surface area contributed by atoms with Gasteiger partial charge in [0.25, 0.3) is 0 Å². The first-order chi connectivity index (χ1) is 15.4. The van der Waals surface area contributed by atoms with Crippen LogP contribution in [0.4, 0.5) is 13.2 Å². The van der Waals surface area contributed by atoms with Crippen molar-refractivity contribution >= 4 is 17.5 Å². The number of nitrogens with zero attached hydrogens (tertiary/aromatic N) is 4. The molecule has 2 aromatic carbocycles. The summed E-state index contributed by atoms with van der Waals surface area (Å²) in [6.45, 7) is 4.23. The summed E-state index contributed by atoms with van der Waals surface area (Å²) in [5.74, 6) is -2.06. The van der Waals surface area contributed by atoms with Crippen molar-refractivity contribution < 1.29 is 18.0 Å². The lowest BCUT2D eigenvalue weighted by atomic mass is 10.1. The van der Waals surface area contributed by atoms with Gasteiger partial charge in [-0.25, -0.2) is 13.2 Å². The SMILES string of the molecule is CC(Sc1nnc(CN2CCCCC2)n1-c1ccc(F)cc1)C(=O)c1ccc(F)c(F)c1. The Kier molecular flexibility index (Phi) is 6.95. The number of rotatable bonds is 7. The first kappa shape index (κ1) is 22.5. The fourth-order valence-electron chi connectivity index (χ4n) is 3.74. The summed E-state index contributed by atoms with van der Waals surface area (Å²) in [5, 5.41) is 8.51. The molecule has 1 saturated heterocycles. The van der Waals surface area contributed by atoms with Crippen molar-refractivity contribution in [1.82, 2.24) is 19.7 Å². The molecule has 9 heteroatoms. The van der Waals surface area contributed by atoms with Gasteiger partial charge < -0.3 is 0 Å². The molecule has 168 valence electrons. The van der Waals surface area contributed by atoms with Crippen molar-refractivity contribution in [3.8, 4) is 5.69 Å². The zero-order chi connectivity index (χ0) is 22.7. The van der Waals surface area contributed by atoms with Gasteiger partial charge in [-0.1, -0.05) is 18.2 Å². The molecule has 1 aromatic heterocycles. The van der Waals surface area contributed by atoms with E-state index >= 15 is 0 Å². The summed E-state index contributed by atoms with van der Waals surface area (Å²) in [4.78, 5) is 15.1. The molecule has 4 rings (SSSR count). The molecule has 1 fully saturated rings. The average molecular weight is 461 g/mol. The van der Waals surface area contributed by atoms with Gasteiger partial charge in [-0.05, 0) is 75.3 Å². The number of Topliss-reactive ketones (excluding diaryl/α,β-unsaturated/α-hetero) is 1. The number of carbonyl (C=O) groups is 1. The molecular formula is C23H23F3N4OS. The van der Waals surface area contributed by atoms with E-state index in [0.29, 0.717) is 23.2 Å². The third-order valence-corrected chi connectivity index (χ3v) is 6.50. The first-order valence-electron chi connectivity index (χ1n) is 10.5. The normalized spacial score (nSPS) is 15.6. The second-order valence-corrected chi connectivity index (χ2v) is 9.11. The molecule has 1 atom stereocenters. The summed E-state index contributed by atoms with van der Waals surface area (Å²) in [6, 6.07) is 9.13. The molecule has 0 amide bonds. The summed E-state index contributed by atoms with van der Waals surface area (Å²) in [7, 11) is 0. The maximum absolute atomic E-state index is 13.6. The van der Waals surface area contributed by atoms with Crippen molar-refractivity contribution in [2.75, 3.05) is 13.1 Å². The molecule has 1 unspecified atom stereocenters. The van der Waals surface area contributed by atoms with Crippen LogP contribution in [0.15, 0.2) is 47.6 Å². The van der Waals surface area contributed by atoms with Crippen LogP contribution in [0.5, 0.6) is 0 Å². The van der Waals surface area contributed by atoms with Crippen LogP contribution in [0.1, 0.15) is 42.4 Å². The van der Waals surface area contributed by atoms with Gasteiger partial charge in [-0.15, -0.1) is 10.2 Å². The summed E-state index contributed by atoms with van der Waals surface area (Å²) in [5.41, 5.74) is 0.781. The minimum atomic E-state index is -1.06. The van der Waals surface area contributed by atoms with Crippen LogP contribution in [-0.4, -0.2) is 43.8 Å². The Morgan fingerprint density at radius 3 is 2.41 bits per heavy atom. The molecule has 5 nitrogen and oxygen atoms in total. The van der Waals surface area contributed by atoms with E-state index in [-0.39, 0.29) is 17.2 Å². The average Bonchev–Trinajstić information content (AvgIpc) is 3.18. The number of hydrogen-bond acceptors (Lipinski definition) is 5. The van der Waals surface area contributed by atoms with E-state index in [2.05, 4.69) is 15.1 Å². The Morgan fingerprint density at radius 1 is 1.00 bits per heavy atom. The highest BCUT2D eigenvalue weighted by atomic mass is 32.2.